The highest BCUT2D eigenvalue weighted by Crippen LogP contribution is 2.19. The number of hydrogen-bond donors (Lipinski definition) is 0. The van der Waals surface area contributed by atoms with E-state index < -0.39 is 4.46 Å². The molecular formula is C2H3Cl2NO. The van der Waals surface area contributed by atoms with Crippen LogP contribution >= 0.6 is 23.2 Å². The average Bonchev–Trinajstić information content (AvgIpc) is 1.35. The van der Waals surface area contributed by atoms with Gasteiger partial charge in [-0.25, -0.2) is 0 Å². The first kappa shape index (κ1) is 6.18. The molecule has 0 fully saturated rings. The summed E-state index contributed by atoms with van der Waals surface area (Å²) >= 11 is 10.0. The highest BCUT2D eigenvalue weighted by molar-refractivity contribution is 6.47. The van der Waals surface area contributed by atoms with Gasteiger partial charge in [0.05, 0.1) is 0 Å². The van der Waals surface area contributed by atoms with Crippen molar-refractivity contribution in [2.75, 3.05) is 0 Å². The Balaban J connectivity index is 3.45. The molecule has 0 heterocycles. The van der Waals surface area contributed by atoms with Crippen molar-refractivity contribution >= 4 is 23.2 Å². The maximum Gasteiger partial charge on any atom is 0.245 e. The summed E-state index contributed by atoms with van der Waals surface area (Å²) in [5.74, 6) is 0. The Kier molecular flexibility index (Phi) is 1.81. The van der Waals surface area contributed by atoms with Gasteiger partial charge in [-0.3, -0.25) is 0 Å². The Morgan fingerprint density at radius 2 is 1.83 bits per heavy atom. The fourth-order valence-electron chi connectivity index (χ4n) is 0. The van der Waals surface area contributed by atoms with Crippen LogP contribution < -0.4 is 0 Å². The van der Waals surface area contributed by atoms with E-state index in [1.54, 1.807) is 0 Å². The minimum atomic E-state index is -1.44. The smallest absolute Gasteiger partial charge is 0.148 e. The third-order valence-electron chi connectivity index (χ3n) is 0.160. The molecule has 0 saturated heterocycles. The Morgan fingerprint density at radius 3 is 1.83 bits per heavy atom. The van der Waals surface area contributed by atoms with Gasteiger partial charge in [0.1, 0.15) is 0 Å². The molecule has 36 valence electrons. The predicted octanol–water partition coefficient (Wildman–Crippen LogP) is 1.90. The highest BCUT2D eigenvalue weighted by Gasteiger charge is 2.14. The summed E-state index contributed by atoms with van der Waals surface area (Å²) in [5, 5.41) is 2.30. The second-order valence-corrected chi connectivity index (χ2v) is 2.60. The molecule has 0 amide bonds. The van der Waals surface area contributed by atoms with Crippen molar-refractivity contribution < 1.29 is 0 Å². The van der Waals surface area contributed by atoms with Crippen LogP contribution in [-0.2, 0) is 0 Å². The van der Waals surface area contributed by atoms with Crippen LogP contribution in [0.25, 0.3) is 0 Å². The summed E-state index contributed by atoms with van der Waals surface area (Å²) in [6, 6.07) is 0. The largest absolute Gasteiger partial charge is 0.245 e. The van der Waals surface area contributed by atoms with Gasteiger partial charge in [0.15, 0.2) is 0 Å². The molecule has 0 aromatic rings. The molecule has 0 spiro atoms. The van der Waals surface area contributed by atoms with Crippen LogP contribution in [0.2, 0.25) is 0 Å². The van der Waals surface area contributed by atoms with E-state index in [9.17, 15) is 4.91 Å². The van der Waals surface area contributed by atoms with E-state index in [0.717, 1.165) is 0 Å². The van der Waals surface area contributed by atoms with Gasteiger partial charge in [-0.1, -0.05) is 23.2 Å². The minimum absolute atomic E-state index is 1.29. The quantitative estimate of drug-likeness (QED) is 0.301. The zero-order valence-electron chi connectivity index (χ0n) is 3.11. The van der Waals surface area contributed by atoms with Crippen LogP contribution in [0, 0.1) is 4.91 Å². The van der Waals surface area contributed by atoms with E-state index in [1.807, 2.05) is 0 Å². The maximum atomic E-state index is 9.31. The number of rotatable bonds is 1. The van der Waals surface area contributed by atoms with Gasteiger partial charge in [-0.05, 0) is 12.1 Å². The van der Waals surface area contributed by atoms with Crippen LogP contribution in [0.1, 0.15) is 6.92 Å². The van der Waals surface area contributed by atoms with E-state index in [-0.39, 0.29) is 0 Å². The molecule has 0 saturated carbocycles. The minimum Gasteiger partial charge on any atom is -0.148 e. The lowest BCUT2D eigenvalue weighted by atomic mass is 10.8. The van der Waals surface area contributed by atoms with Gasteiger partial charge in [0.2, 0.25) is 4.46 Å². The van der Waals surface area contributed by atoms with Gasteiger partial charge >= 0.3 is 0 Å². The molecule has 0 rings (SSSR count). The standard InChI is InChI=1S/C2H3Cl2NO/c1-2(3,4)5-6/h1H3. The lowest BCUT2D eigenvalue weighted by Gasteiger charge is -1.95. The third kappa shape index (κ3) is 4.18. The van der Waals surface area contributed by atoms with Gasteiger partial charge in [-0.2, -0.15) is 0 Å². The zero-order valence-corrected chi connectivity index (χ0v) is 4.62. The first-order valence-corrected chi connectivity index (χ1v) is 2.04. The van der Waals surface area contributed by atoms with Gasteiger partial charge in [0.25, 0.3) is 0 Å². The lowest BCUT2D eigenvalue weighted by Crippen LogP contribution is -1.96. The van der Waals surface area contributed by atoms with Crippen LogP contribution in [0.3, 0.4) is 0 Å². The molecule has 2 nitrogen and oxygen atoms in total. The first-order valence-electron chi connectivity index (χ1n) is 1.28. The van der Waals surface area contributed by atoms with E-state index in [4.69, 9.17) is 23.2 Å². The molecule has 0 unspecified atom stereocenters. The molecule has 0 atom stereocenters. The van der Waals surface area contributed by atoms with Crippen molar-refractivity contribution in [3.63, 3.8) is 0 Å². The summed E-state index contributed by atoms with van der Waals surface area (Å²) in [6.07, 6.45) is 0. The number of halogens is 2. The SMILES string of the molecule is CC(Cl)(Cl)N=O. The number of nitrogens with zero attached hydrogens (tertiary/aromatic N) is 1. The fourth-order valence-corrected chi connectivity index (χ4v) is 0. The number of nitroso groups, excluding NO2 is 1. The summed E-state index contributed by atoms with van der Waals surface area (Å²) in [6.45, 7) is 1.29. The van der Waals surface area contributed by atoms with Crippen molar-refractivity contribution in [3.05, 3.63) is 4.91 Å². The van der Waals surface area contributed by atoms with Crippen molar-refractivity contribution in [2.45, 2.75) is 11.4 Å². The second kappa shape index (κ2) is 1.76. The number of hydrogen-bond acceptors (Lipinski definition) is 2. The first-order chi connectivity index (χ1) is 2.56. The summed E-state index contributed by atoms with van der Waals surface area (Å²) < 4.78 is -1.44. The van der Waals surface area contributed by atoms with Crippen LogP contribution in [0.4, 0.5) is 0 Å². The molecule has 4 heteroatoms. The summed E-state index contributed by atoms with van der Waals surface area (Å²) in [7, 11) is 0. The lowest BCUT2D eigenvalue weighted by molar-refractivity contribution is 0.924. The molecule has 0 bridgehead atoms. The van der Waals surface area contributed by atoms with Gasteiger partial charge in [-0.15, -0.1) is 4.91 Å². The summed E-state index contributed by atoms with van der Waals surface area (Å²) in [5.41, 5.74) is 0. The Hall–Kier alpha value is 0.180. The maximum absolute atomic E-state index is 9.31. The normalized spacial score (nSPS) is 11.2. The van der Waals surface area contributed by atoms with E-state index >= 15 is 0 Å². The van der Waals surface area contributed by atoms with Gasteiger partial charge in [0, 0.05) is 0 Å². The van der Waals surface area contributed by atoms with Crippen LogP contribution in [0.5, 0.6) is 0 Å². The summed E-state index contributed by atoms with van der Waals surface area (Å²) in [4.78, 5) is 9.31. The number of alkyl halides is 2. The Morgan fingerprint density at radius 1 is 1.67 bits per heavy atom. The molecule has 0 aromatic carbocycles. The third-order valence-corrected chi connectivity index (χ3v) is 0.298. The molecule has 0 aromatic heterocycles. The zero-order chi connectivity index (χ0) is 5.21. The van der Waals surface area contributed by atoms with E-state index in [1.165, 1.54) is 6.92 Å². The fraction of sp³-hybridized carbons (Fsp3) is 1.00. The van der Waals surface area contributed by atoms with Crippen molar-refractivity contribution in [2.24, 2.45) is 5.18 Å². The molecule has 0 aliphatic carbocycles. The van der Waals surface area contributed by atoms with Crippen molar-refractivity contribution in [3.8, 4) is 0 Å². The molecule has 0 aliphatic heterocycles. The molecule has 0 N–H and O–H groups in total. The molecular weight excluding hydrogens is 125 g/mol. The van der Waals surface area contributed by atoms with Crippen LogP contribution in [0.15, 0.2) is 5.18 Å². The second-order valence-electron chi connectivity index (χ2n) is 0.933. The molecule has 0 aliphatic rings. The average molecular weight is 128 g/mol. The van der Waals surface area contributed by atoms with E-state index in [2.05, 4.69) is 5.18 Å². The van der Waals surface area contributed by atoms with Crippen molar-refractivity contribution in [1.82, 2.24) is 0 Å². The van der Waals surface area contributed by atoms with E-state index in [0.29, 0.717) is 0 Å². The topological polar surface area (TPSA) is 29.4 Å². The predicted molar refractivity (Wildman–Crippen MR) is 25.9 cm³/mol. The monoisotopic (exact) mass is 127 g/mol. The highest BCUT2D eigenvalue weighted by atomic mass is 35.5. The van der Waals surface area contributed by atoms with Crippen LogP contribution in [-0.4, -0.2) is 4.46 Å². The van der Waals surface area contributed by atoms with Gasteiger partial charge < -0.3 is 0 Å². The molecule has 6 heavy (non-hydrogen) atoms. The van der Waals surface area contributed by atoms with Crippen molar-refractivity contribution in [1.29, 1.82) is 0 Å². The Bertz CT molecular complexity index is 57.1. The Labute approximate surface area is 45.4 Å². The molecule has 0 radical (unpaired) electrons.